The van der Waals surface area contributed by atoms with Crippen LogP contribution in [0.5, 0.6) is 11.6 Å². The highest BCUT2D eigenvalue weighted by atomic mass is 19.1. The number of aliphatic hydroxyl groups excluding tert-OH is 2. The molecule has 0 bridgehead atoms. The zero-order valence-corrected chi connectivity index (χ0v) is 31.6. The van der Waals surface area contributed by atoms with Gasteiger partial charge >= 0.3 is 6.09 Å². The quantitative estimate of drug-likeness (QED) is 0.120. The van der Waals surface area contributed by atoms with Crippen LogP contribution in [0.1, 0.15) is 49.9 Å². The minimum Gasteiger partial charge on any atom is -0.490 e. The lowest BCUT2D eigenvalue weighted by Gasteiger charge is -2.34. The fourth-order valence-corrected chi connectivity index (χ4v) is 6.62. The molecule has 5 rings (SSSR count). The molecule has 0 unspecified atom stereocenters. The van der Waals surface area contributed by atoms with Crippen molar-refractivity contribution in [1.29, 1.82) is 0 Å². The SMILES string of the molecule is COC(=O)N[C@H](C(=O)N[C@@H](Cc1ccc(-c2ccc(OC)nc2)cc1)[C@@H](O)C[C@@H](Cc1ccccc1F)C(=O)N[C@H]1c2ccccc2OC[C@H]1O)C(C)(C)C. The molecule has 5 N–H and O–H groups in total. The topological polar surface area (TPSA) is 168 Å². The molecule has 0 radical (unpaired) electrons. The Labute approximate surface area is 320 Å². The fourth-order valence-electron chi connectivity index (χ4n) is 6.62. The van der Waals surface area contributed by atoms with Gasteiger partial charge in [-0.15, -0.1) is 0 Å². The third-order valence-electron chi connectivity index (χ3n) is 9.72. The van der Waals surface area contributed by atoms with Gasteiger partial charge < -0.3 is 40.4 Å². The van der Waals surface area contributed by atoms with Crippen LogP contribution in [0.4, 0.5) is 9.18 Å². The van der Waals surface area contributed by atoms with Crippen LogP contribution >= 0.6 is 0 Å². The summed E-state index contributed by atoms with van der Waals surface area (Å²) >= 11 is 0. The van der Waals surface area contributed by atoms with Gasteiger partial charge in [-0.2, -0.15) is 0 Å². The van der Waals surface area contributed by atoms with E-state index in [-0.39, 0.29) is 31.4 Å². The van der Waals surface area contributed by atoms with Crippen LogP contribution in [0.2, 0.25) is 0 Å². The summed E-state index contributed by atoms with van der Waals surface area (Å²) in [6.07, 6.45) is -1.61. The summed E-state index contributed by atoms with van der Waals surface area (Å²) in [6.45, 7) is 5.30. The summed E-state index contributed by atoms with van der Waals surface area (Å²) < 4.78 is 30.6. The standard InChI is InChI=1S/C42H49FN4O8/c1-42(2,3)38(47-41(52)54-5)40(51)45-32(20-25-14-16-26(17-15-25)28-18-19-36(53-4)44-23-28)33(48)22-29(21-27-10-6-8-12-31(27)43)39(50)46-37-30-11-7-9-13-35(30)55-24-34(37)49/h6-19,23,29,32-34,37-38,48-49H,20-22,24H2,1-5H3,(H,45,51)(H,46,50)(H,47,52)/t29-,32+,33+,34-,37+,38-/m1/s1. The van der Waals surface area contributed by atoms with Gasteiger partial charge in [0.25, 0.3) is 0 Å². The van der Waals surface area contributed by atoms with Gasteiger partial charge in [-0.25, -0.2) is 14.2 Å². The summed E-state index contributed by atoms with van der Waals surface area (Å²) in [5, 5.41) is 31.3. The average molecular weight is 757 g/mol. The molecular formula is C42H49FN4O8. The lowest BCUT2D eigenvalue weighted by atomic mass is 9.85. The van der Waals surface area contributed by atoms with E-state index in [2.05, 4.69) is 20.9 Å². The number of benzene rings is 3. The number of aliphatic hydroxyl groups is 2. The maximum Gasteiger partial charge on any atom is 0.407 e. The van der Waals surface area contributed by atoms with E-state index in [1.165, 1.54) is 13.2 Å². The molecule has 6 atom stereocenters. The van der Waals surface area contributed by atoms with Crippen molar-refractivity contribution in [3.63, 3.8) is 0 Å². The van der Waals surface area contributed by atoms with Crippen molar-refractivity contribution in [3.8, 4) is 22.8 Å². The Kier molecular flexibility index (Phi) is 13.5. The first kappa shape index (κ1) is 40.7. The first-order valence-electron chi connectivity index (χ1n) is 18.1. The van der Waals surface area contributed by atoms with E-state index < -0.39 is 65.4 Å². The Hall–Kier alpha value is -5.53. The Balaban J connectivity index is 1.44. The Morgan fingerprint density at radius 2 is 1.60 bits per heavy atom. The highest BCUT2D eigenvalue weighted by Crippen LogP contribution is 2.33. The second-order valence-electron chi connectivity index (χ2n) is 14.7. The molecule has 4 aromatic rings. The van der Waals surface area contributed by atoms with Crippen molar-refractivity contribution in [2.24, 2.45) is 11.3 Å². The minimum atomic E-state index is -1.33. The van der Waals surface area contributed by atoms with E-state index in [0.717, 1.165) is 16.7 Å². The maximum absolute atomic E-state index is 15.1. The second kappa shape index (κ2) is 18.2. The Morgan fingerprint density at radius 3 is 2.25 bits per heavy atom. The number of fused-ring (bicyclic) bond motifs is 1. The molecule has 13 heteroatoms. The lowest BCUT2D eigenvalue weighted by Crippen LogP contribution is -2.57. The molecular weight excluding hydrogens is 707 g/mol. The zero-order chi connectivity index (χ0) is 39.7. The number of nitrogens with one attached hydrogen (secondary N) is 3. The van der Waals surface area contributed by atoms with Crippen LogP contribution in [0, 0.1) is 17.2 Å². The van der Waals surface area contributed by atoms with Crippen molar-refractivity contribution < 1.29 is 43.2 Å². The van der Waals surface area contributed by atoms with Crippen molar-refractivity contribution >= 4 is 17.9 Å². The molecule has 0 saturated carbocycles. The van der Waals surface area contributed by atoms with Crippen LogP contribution in [0.15, 0.2) is 91.1 Å². The predicted molar refractivity (Wildman–Crippen MR) is 204 cm³/mol. The number of carbonyl (C=O) groups is 3. The number of carbonyl (C=O) groups excluding carboxylic acids is 3. The molecule has 292 valence electrons. The first-order valence-corrected chi connectivity index (χ1v) is 18.1. The van der Waals surface area contributed by atoms with Crippen LogP contribution in [-0.2, 0) is 27.2 Å². The number of aromatic nitrogens is 1. The van der Waals surface area contributed by atoms with Crippen LogP contribution in [0.25, 0.3) is 11.1 Å². The predicted octanol–water partition coefficient (Wildman–Crippen LogP) is 4.92. The molecule has 1 aliphatic heterocycles. The number of para-hydroxylation sites is 1. The number of methoxy groups -OCH3 is 2. The third-order valence-corrected chi connectivity index (χ3v) is 9.72. The van der Waals surface area contributed by atoms with Gasteiger partial charge in [0.1, 0.15) is 30.3 Å². The molecule has 1 aromatic heterocycles. The number of ether oxygens (including phenoxy) is 3. The third kappa shape index (κ3) is 10.6. The normalized spacial score (nSPS) is 17.3. The van der Waals surface area contributed by atoms with Gasteiger partial charge in [0, 0.05) is 29.3 Å². The molecule has 1 aliphatic rings. The molecule has 3 amide bonds. The minimum absolute atomic E-state index is 0.0427. The Bertz CT molecular complexity index is 1920. The zero-order valence-electron chi connectivity index (χ0n) is 31.6. The number of pyridine rings is 1. The molecule has 12 nitrogen and oxygen atoms in total. The number of rotatable bonds is 14. The molecule has 0 spiro atoms. The maximum atomic E-state index is 15.1. The van der Waals surface area contributed by atoms with Gasteiger partial charge in [-0.1, -0.05) is 81.4 Å². The number of amides is 3. The van der Waals surface area contributed by atoms with Crippen molar-refractivity contribution in [2.45, 2.75) is 70.4 Å². The first-order chi connectivity index (χ1) is 26.3. The molecule has 0 saturated heterocycles. The van der Waals surface area contributed by atoms with Crippen molar-refractivity contribution in [3.05, 3.63) is 114 Å². The van der Waals surface area contributed by atoms with Gasteiger partial charge in [0.05, 0.1) is 32.4 Å². The fraction of sp³-hybridized carbons (Fsp3) is 0.381. The van der Waals surface area contributed by atoms with Crippen LogP contribution in [0.3, 0.4) is 0 Å². The summed E-state index contributed by atoms with van der Waals surface area (Å²) in [4.78, 5) is 44.7. The molecule has 3 aromatic carbocycles. The van der Waals surface area contributed by atoms with Crippen molar-refractivity contribution in [1.82, 2.24) is 20.9 Å². The van der Waals surface area contributed by atoms with Crippen LogP contribution < -0.4 is 25.4 Å². The highest BCUT2D eigenvalue weighted by Gasteiger charge is 2.38. The van der Waals surface area contributed by atoms with Crippen LogP contribution in [-0.4, -0.2) is 78.2 Å². The molecule has 0 aliphatic carbocycles. The number of hydrogen-bond acceptors (Lipinski definition) is 9. The van der Waals surface area contributed by atoms with Gasteiger partial charge in [0.15, 0.2) is 0 Å². The van der Waals surface area contributed by atoms with E-state index in [9.17, 15) is 24.6 Å². The van der Waals surface area contributed by atoms with E-state index in [0.29, 0.717) is 17.2 Å². The number of halogens is 1. The van der Waals surface area contributed by atoms with Gasteiger partial charge in [0.2, 0.25) is 17.7 Å². The van der Waals surface area contributed by atoms with Gasteiger partial charge in [-0.3, -0.25) is 9.59 Å². The summed E-state index contributed by atoms with van der Waals surface area (Å²) in [5.41, 5.74) is 2.61. The summed E-state index contributed by atoms with van der Waals surface area (Å²) in [6, 6.07) is 21.5. The monoisotopic (exact) mass is 756 g/mol. The molecule has 2 heterocycles. The number of hydrogen-bond donors (Lipinski definition) is 5. The molecule has 55 heavy (non-hydrogen) atoms. The lowest BCUT2D eigenvalue weighted by molar-refractivity contribution is -0.128. The molecule has 0 fully saturated rings. The van der Waals surface area contributed by atoms with E-state index in [4.69, 9.17) is 14.2 Å². The van der Waals surface area contributed by atoms with Gasteiger partial charge in [-0.05, 0) is 59.6 Å². The Morgan fingerprint density at radius 1 is 0.909 bits per heavy atom. The van der Waals surface area contributed by atoms with E-state index >= 15 is 4.39 Å². The summed E-state index contributed by atoms with van der Waals surface area (Å²) in [7, 11) is 2.74. The second-order valence-corrected chi connectivity index (χ2v) is 14.7. The smallest absolute Gasteiger partial charge is 0.407 e. The highest BCUT2D eigenvalue weighted by molar-refractivity contribution is 5.86. The number of nitrogens with zero attached hydrogens (tertiary/aromatic N) is 1. The largest absolute Gasteiger partial charge is 0.490 e. The van der Waals surface area contributed by atoms with E-state index in [1.807, 2.05) is 30.3 Å². The average Bonchev–Trinajstić information content (AvgIpc) is 3.17. The summed E-state index contributed by atoms with van der Waals surface area (Å²) in [5.74, 6) is -1.59. The number of alkyl carbamates (subject to hydrolysis) is 1. The van der Waals surface area contributed by atoms with Crippen molar-refractivity contribution in [2.75, 3.05) is 20.8 Å². The van der Waals surface area contributed by atoms with E-state index in [1.54, 1.807) is 82.6 Å².